The third kappa shape index (κ3) is 4.71. The van der Waals surface area contributed by atoms with Crippen LogP contribution in [0.2, 0.25) is 5.02 Å². The van der Waals surface area contributed by atoms with Crippen molar-refractivity contribution in [2.75, 3.05) is 6.61 Å². The zero-order valence-electron chi connectivity index (χ0n) is 15.4. The molecule has 1 aromatic heterocycles. The molecule has 0 radical (unpaired) electrons. The number of rotatable bonds is 5. The summed E-state index contributed by atoms with van der Waals surface area (Å²) in [7, 11) is 0. The lowest BCUT2D eigenvalue weighted by Gasteiger charge is -2.21. The van der Waals surface area contributed by atoms with Gasteiger partial charge < -0.3 is 14.5 Å². The molecule has 0 bridgehead atoms. The average Bonchev–Trinajstić information content (AvgIpc) is 2.96. The molecule has 0 unspecified atom stereocenters. The van der Waals surface area contributed by atoms with E-state index in [0.717, 1.165) is 11.1 Å². The first kappa shape index (κ1) is 19.0. The van der Waals surface area contributed by atoms with Crippen molar-refractivity contribution in [3.63, 3.8) is 0 Å². The molecule has 0 aliphatic heterocycles. The van der Waals surface area contributed by atoms with E-state index in [4.69, 9.17) is 20.8 Å². The Kier molecular flexibility index (Phi) is 5.28. The van der Waals surface area contributed by atoms with Crippen molar-refractivity contribution in [2.45, 2.75) is 32.7 Å². The lowest BCUT2D eigenvalue weighted by molar-refractivity contribution is -0.123. The zero-order valence-corrected chi connectivity index (χ0v) is 16.1. The van der Waals surface area contributed by atoms with Gasteiger partial charge in [0.15, 0.2) is 12.2 Å². The number of carbonyl (C=O) groups is 1. The number of oxazole rings is 1. The fourth-order valence-corrected chi connectivity index (χ4v) is 3.15. The topological polar surface area (TPSA) is 84.3 Å². The number of carbonyl (C=O) groups excluding carboxylic acids is 1. The van der Waals surface area contributed by atoms with Crippen LogP contribution in [0.3, 0.4) is 0 Å². The third-order valence-corrected chi connectivity index (χ3v) is 4.41. The lowest BCUT2D eigenvalue weighted by atomic mass is 9.87. The summed E-state index contributed by atoms with van der Waals surface area (Å²) in [5.74, 6) is -0.226. The van der Waals surface area contributed by atoms with Crippen LogP contribution in [-0.2, 0) is 16.8 Å². The summed E-state index contributed by atoms with van der Waals surface area (Å²) in [5.41, 5.74) is 2.85. The quantitative estimate of drug-likeness (QED) is 0.696. The molecule has 6 nitrogen and oxygen atoms in total. The van der Waals surface area contributed by atoms with E-state index in [1.807, 2.05) is 12.1 Å². The van der Waals surface area contributed by atoms with Crippen LogP contribution in [0.15, 0.2) is 45.6 Å². The first-order chi connectivity index (χ1) is 12.7. The Balaban J connectivity index is 1.54. The summed E-state index contributed by atoms with van der Waals surface area (Å²) < 4.78 is 10.5. The van der Waals surface area contributed by atoms with Crippen molar-refractivity contribution in [1.82, 2.24) is 10.3 Å². The number of H-pyrrole nitrogens is 1. The van der Waals surface area contributed by atoms with Crippen LogP contribution in [0.25, 0.3) is 11.1 Å². The normalized spacial score (nSPS) is 11.6. The summed E-state index contributed by atoms with van der Waals surface area (Å²) in [6.45, 7) is 6.43. The Hall–Kier alpha value is -2.73. The average molecular weight is 389 g/mol. The van der Waals surface area contributed by atoms with Gasteiger partial charge in [-0.05, 0) is 40.8 Å². The molecule has 27 heavy (non-hydrogen) atoms. The molecule has 2 N–H and O–H groups in total. The molecule has 7 heteroatoms. The molecule has 3 aromatic rings. The largest absolute Gasteiger partial charge is 0.484 e. The molecule has 0 aliphatic rings. The third-order valence-electron chi connectivity index (χ3n) is 4.09. The summed E-state index contributed by atoms with van der Waals surface area (Å²) in [6, 6.07) is 10.7. The predicted octanol–water partition coefficient (Wildman–Crippen LogP) is 3.77. The predicted molar refractivity (Wildman–Crippen MR) is 104 cm³/mol. The lowest BCUT2D eigenvalue weighted by Crippen LogP contribution is -2.28. The minimum absolute atomic E-state index is 0.0628. The van der Waals surface area contributed by atoms with E-state index in [2.05, 4.69) is 31.1 Å². The number of fused-ring (bicyclic) bond motifs is 1. The highest BCUT2D eigenvalue weighted by Gasteiger charge is 2.17. The van der Waals surface area contributed by atoms with Crippen LogP contribution in [0.5, 0.6) is 5.75 Å². The van der Waals surface area contributed by atoms with Gasteiger partial charge in [0.25, 0.3) is 5.91 Å². The second-order valence-corrected chi connectivity index (χ2v) is 7.71. The minimum Gasteiger partial charge on any atom is -0.484 e. The highest BCUT2D eigenvalue weighted by Crippen LogP contribution is 2.32. The standard InChI is InChI=1S/C20H21ClN2O4/c1-20(2,3)14-6-5-13(9-15(14)21)26-11-18(24)22-10-12-4-7-16-17(8-12)27-19(25)23-16/h4-9H,10-11H2,1-3H3,(H,22,24)(H,23,25). The van der Waals surface area contributed by atoms with Gasteiger partial charge in [-0.25, -0.2) is 4.79 Å². The Bertz CT molecular complexity index is 1030. The number of amides is 1. The van der Waals surface area contributed by atoms with Crippen molar-refractivity contribution in [2.24, 2.45) is 0 Å². The number of benzene rings is 2. The van der Waals surface area contributed by atoms with Gasteiger partial charge in [0, 0.05) is 11.6 Å². The van der Waals surface area contributed by atoms with Gasteiger partial charge in [0.1, 0.15) is 5.75 Å². The Labute approximate surface area is 161 Å². The van der Waals surface area contributed by atoms with Crippen molar-refractivity contribution in [1.29, 1.82) is 0 Å². The summed E-state index contributed by atoms with van der Waals surface area (Å²) >= 11 is 6.31. The van der Waals surface area contributed by atoms with Gasteiger partial charge in [0.05, 0.1) is 5.52 Å². The van der Waals surface area contributed by atoms with E-state index in [9.17, 15) is 9.59 Å². The Morgan fingerprint density at radius 1 is 1.22 bits per heavy atom. The number of ether oxygens (including phenoxy) is 1. The molecule has 0 saturated heterocycles. The van der Waals surface area contributed by atoms with Crippen LogP contribution in [0.1, 0.15) is 31.9 Å². The summed E-state index contributed by atoms with van der Waals surface area (Å²) in [6.07, 6.45) is 0. The van der Waals surface area contributed by atoms with Crippen LogP contribution in [0.4, 0.5) is 0 Å². The molecule has 2 aromatic carbocycles. The van der Waals surface area contributed by atoms with E-state index in [0.29, 0.717) is 28.4 Å². The van der Waals surface area contributed by atoms with E-state index < -0.39 is 5.76 Å². The van der Waals surface area contributed by atoms with Crippen molar-refractivity contribution >= 4 is 28.6 Å². The van der Waals surface area contributed by atoms with Crippen LogP contribution < -0.4 is 15.8 Å². The summed E-state index contributed by atoms with van der Waals surface area (Å²) in [5, 5.41) is 3.38. The number of aromatic amines is 1. The molecule has 0 aliphatic carbocycles. The van der Waals surface area contributed by atoms with Crippen molar-refractivity contribution < 1.29 is 13.9 Å². The number of hydrogen-bond acceptors (Lipinski definition) is 4. The monoisotopic (exact) mass is 388 g/mol. The molecule has 3 rings (SSSR count). The molecule has 0 atom stereocenters. The van der Waals surface area contributed by atoms with E-state index in [-0.39, 0.29) is 17.9 Å². The van der Waals surface area contributed by atoms with Crippen LogP contribution in [0, 0.1) is 0 Å². The molecule has 0 spiro atoms. The highest BCUT2D eigenvalue weighted by atomic mass is 35.5. The van der Waals surface area contributed by atoms with Crippen LogP contribution in [-0.4, -0.2) is 17.5 Å². The molecule has 0 fully saturated rings. The molecule has 1 heterocycles. The van der Waals surface area contributed by atoms with Gasteiger partial charge in [-0.1, -0.05) is 44.5 Å². The van der Waals surface area contributed by atoms with Gasteiger partial charge in [0.2, 0.25) is 0 Å². The number of hydrogen-bond donors (Lipinski definition) is 2. The van der Waals surface area contributed by atoms with E-state index in [1.54, 1.807) is 24.3 Å². The first-order valence-corrected chi connectivity index (χ1v) is 8.91. The molecule has 1 amide bonds. The maximum Gasteiger partial charge on any atom is 0.417 e. The zero-order chi connectivity index (χ0) is 19.6. The fraction of sp³-hybridized carbons (Fsp3) is 0.300. The summed E-state index contributed by atoms with van der Waals surface area (Å²) in [4.78, 5) is 25.8. The van der Waals surface area contributed by atoms with E-state index in [1.165, 1.54) is 0 Å². The number of aromatic nitrogens is 1. The second kappa shape index (κ2) is 7.48. The second-order valence-electron chi connectivity index (χ2n) is 7.30. The van der Waals surface area contributed by atoms with E-state index >= 15 is 0 Å². The number of nitrogens with one attached hydrogen (secondary N) is 2. The maximum absolute atomic E-state index is 12.0. The van der Waals surface area contributed by atoms with Gasteiger partial charge in [-0.15, -0.1) is 0 Å². The smallest absolute Gasteiger partial charge is 0.417 e. The SMILES string of the molecule is CC(C)(C)c1ccc(OCC(=O)NCc2ccc3[nH]c(=O)oc3c2)cc1Cl. The molecule has 0 saturated carbocycles. The minimum atomic E-state index is -0.504. The van der Waals surface area contributed by atoms with Gasteiger partial charge in [-0.2, -0.15) is 0 Å². The van der Waals surface area contributed by atoms with Crippen LogP contribution >= 0.6 is 11.6 Å². The first-order valence-electron chi connectivity index (χ1n) is 8.54. The van der Waals surface area contributed by atoms with Crippen molar-refractivity contribution in [3.05, 3.63) is 63.1 Å². The molecule has 142 valence electrons. The Morgan fingerprint density at radius 2 is 2.00 bits per heavy atom. The Morgan fingerprint density at radius 3 is 2.70 bits per heavy atom. The highest BCUT2D eigenvalue weighted by molar-refractivity contribution is 6.31. The van der Waals surface area contributed by atoms with Crippen molar-refractivity contribution in [3.8, 4) is 5.75 Å². The number of halogens is 1. The molecular formula is C20H21ClN2O4. The van der Waals surface area contributed by atoms with Gasteiger partial charge >= 0.3 is 5.76 Å². The van der Waals surface area contributed by atoms with Gasteiger partial charge in [-0.3, -0.25) is 9.78 Å². The maximum atomic E-state index is 12.0. The molecular weight excluding hydrogens is 368 g/mol. The fourth-order valence-electron chi connectivity index (χ4n) is 2.69.